The second-order valence-corrected chi connectivity index (χ2v) is 5.04. The number of hydrogen-bond donors (Lipinski definition) is 2. The molecule has 0 saturated carbocycles. The number of aryl methyl sites for hydroxylation is 1. The summed E-state index contributed by atoms with van der Waals surface area (Å²) in [5.41, 5.74) is 1.94. The number of nitrogens with one attached hydrogen (secondary N) is 2. The Labute approximate surface area is 117 Å². The molecule has 19 heavy (non-hydrogen) atoms. The number of rotatable bonds is 2. The Kier molecular flexibility index (Phi) is 3.40. The number of halogens is 1. The second kappa shape index (κ2) is 5.19. The van der Waals surface area contributed by atoms with Crippen molar-refractivity contribution in [3.63, 3.8) is 0 Å². The van der Waals surface area contributed by atoms with E-state index >= 15 is 0 Å². The summed E-state index contributed by atoms with van der Waals surface area (Å²) < 4.78 is 0. The Morgan fingerprint density at radius 1 is 1.26 bits per heavy atom. The Balaban J connectivity index is 1.90. The van der Waals surface area contributed by atoms with Crippen LogP contribution in [-0.2, 0) is 0 Å². The molecule has 2 aromatic rings. The quantitative estimate of drug-likeness (QED) is 0.880. The summed E-state index contributed by atoms with van der Waals surface area (Å²) in [6.45, 7) is 5.78. The third kappa shape index (κ3) is 2.43. The van der Waals surface area contributed by atoms with Crippen molar-refractivity contribution in [2.45, 2.75) is 6.92 Å². The number of piperazine rings is 1. The molecule has 2 heterocycles. The topological polar surface area (TPSA) is 56.8 Å². The Hall–Kier alpha value is -1.59. The summed E-state index contributed by atoms with van der Waals surface area (Å²) in [4.78, 5) is 6.72. The maximum atomic E-state index is 6.31. The SMILES string of the molecule is Cc1cccc(-c2nc(N3CCNCC3)n[nH]2)c1Cl. The third-order valence-corrected chi connectivity index (χ3v) is 3.82. The minimum Gasteiger partial charge on any atom is -0.337 e. The average Bonchev–Trinajstić information content (AvgIpc) is 2.92. The zero-order valence-corrected chi connectivity index (χ0v) is 11.5. The predicted molar refractivity (Wildman–Crippen MR) is 76.6 cm³/mol. The van der Waals surface area contributed by atoms with Gasteiger partial charge in [0.15, 0.2) is 5.82 Å². The highest BCUT2D eigenvalue weighted by Gasteiger charge is 2.16. The minimum absolute atomic E-state index is 0.724. The van der Waals surface area contributed by atoms with Gasteiger partial charge in [-0.3, -0.25) is 5.10 Å². The molecule has 0 spiro atoms. The van der Waals surface area contributed by atoms with Gasteiger partial charge in [0.1, 0.15) is 0 Å². The number of anilines is 1. The van der Waals surface area contributed by atoms with E-state index in [9.17, 15) is 0 Å². The molecule has 5 nitrogen and oxygen atoms in total. The first-order valence-corrected chi connectivity index (χ1v) is 6.77. The van der Waals surface area contributed by atoms with Crippen LogP contribution in [0.25, 0.3) is 11.4 Å². The maximum absolute atomic E-state index is 6.31. The van der Waals surface area contributed by atoms with Crippen LogP contribution >= 0.6 is 11.6 Å². The van der Waals surface area contributed by atoms with Crippen molar-refractivity contribution in [1.29, 1.82) is 0 Å². The molecule has 1 saturated heterocycles. The molecule has 1 fully saturated rings. The van der Waals surface area contributed by atoms with Gasteiger partial charge in [-0.05, 0) is 18.6 Å². The van der Waals surface area contributed by atoms with Crippen LogP contribution in [0.2, 0.25) is 5.02 Å². The van der Waals surface area contributed by atoms with E-state index in [2.05, 4.69) is 25.4 Å². The highest BCUT2D eigenvalue weighted by molar-refractivity contribution is 6.33. The fraction of sp³-hybridized carbons (Fsp3) is 0.385. The largest absolute Gasteiger partial charge is 0.337 e. The van der Waals surface area contributed by atoms with Gasteiger partial charge in [-0.2, -0.15) is 4.98 Å². The molecule has 0 atom stereocenters. The van der Waals surface area contributed by atoms with Gasteiger partial charge in [-0.1, -0.05) is 23.7 Å². The zero-order valence-electron chi connectivity index (χ0n) is 10.8. The fourth-order valence-electron chi connectivity index (χ4n) is 2.21. The van der Waals surface area contributed by atoms with Gasteiger partial charge < -0.3 is 10.2 Å². The molecule has 6 heteroatoms. The molecular weight excluding hydrogens is 262 g/mol. The molecule has 1 aromatic carbocycles. The summed E-state index contributed by atoms with van der Waals surface area (Å²) in [6, 6.07) is 5.92. The summed E-state index contributed by atoms with van der Waals surface area (Å²) in [5.74, 6) is 1.47. The number of nitrogens with zero attached hydrogens (tertiary/aromatic N) is 3. The lowest BCUT2D eigenvalue weighted by atomic mass is 10.1. The zero-order chi connectivity index (χ0) is 13.2. The molecule has 1 aliphatic heterocycles. The average molecular weight is 278 g/mol. The molecule has 2 N–H and O–H groups in total. The monoisotopic (exact) mass is 277 g/mol. The highest BCUT2D eigenvalue weighted by atomic mass is 35.5. The van der Waals surface area contributed by atoms with Crippen LogP contribution in [0.4, 0.5) is 5.95 Å². The lowest BCUT2D eigenvalue weighted by Crippen LogP contribution is -2.44. The van der Waals surface area contributed by atoms with E-state index in [0.29, 0.717) is 0 Å². The maximum Gasteiger partial charge on any atom is 0.245 e. The molecule has 1 aromatic heterocycles. The molecule has 0 amide bonds. The normalized spacial score (nSPS) is 15.8. The molecule has 1 aliphatic rings. The van der Waals surface area contributed by atoms with Crippen molar-refractivity contribution in [1.82, 2.24) is 20.5 Å². The lowest BCUT2D eigenvalue weighted by Gasteiger charge is -2.25. The van der Waals surface area contributed by atoms with E-state index in [4.69, 9.17) is 11.6 Å². The number of hydrogen-bond acceptors (Lipinski definition) is 4. The van der Waals surface area contributed by atoms with Gasteiger partial charge in [0.25, 0.3) is 0 Å². The lowest BCUT2D eigenvalue weighted by molar-refractivity contribution is 0.580. The van der Waals surface area contributed by atoms with E-state index < -0.39 is 0 Å². The van der Waals surface area contributed by atoms with E-state index in [-0.39, 0.29) is 0 Å². The smallest absolute Gasteiger partial charge is 0.245 e. The van der Waals surface area contributed by atoms with Crippen LogP contribution in [0.3, 0.4) is 0 Å². The fourth-order valence-corrected chi connectivity index (χ4v) is 2.43. The summed E-state index contributed by atoms with van der Waals surface area (Å²) >= 11 is 6.31. The van der Waals surface area contributed by atoms with Crippen LogP contribution in [0, 0.1) is 6.92 Å². The number of aromatic nitrogens is 3. The van der Waals surface area contributed by atoms with Crippen molar-refractivity contribution in [3.8, 4) is 11.4 Å². The third-order valence-electron chi connectivity index (χ3n) is 3.32. The van der Waals surface area contributed by atoms with Crippen molar-refractivity contribution in [2.24, 2.45) is 0 Å². The summed E-state index contributed by atoms with van der Waals surface area (Å²) in [7, 11) is 0. The van der Waals surface area contributed by atoms with Gasteiger partial charge in [0.05, 0.1) is 5.02 Å². The van der Waals surface area contributed by atoms with Gasteiger partial charge in [-0.15, -0.1) is 5.10 Å². The molecule has 0 radical (unpaired) electrons. The number of benzene rings is 1. The Bertz CT molecular complexity index is 574. The molecule has 3 rings (SSSR count). The van der Waals surface area contributed by atoms with Crippen LogP contribution in [0.5, 0.6) is 0 Å². The Morgan fingerprint density at radius 2 is 2.05 bits per heavy atom. The van der Waals surface area contributed by atoms with Gasteiger partial charge >= 0.3 is 0 Å². The van der Waals surface area contributed by atoms with Crippen LogP contribution in [0.1, 0.15) is 5.56 Å². The summed E-state index contributed by atoms with van der Waals surface area (Å²) in [6.07, 6.45) is 0. The molecule has 100 valence electrons. The van der Waals surface area contributed by atoms with Crippen LogP contribution in [0.15, 0.2) is 18.2 Å². The second-order valence-electron chi connectivity index (χ2n) is 4.66. The number of H-pyrrole nitrogens is 1. The minimum atomic E-state index is 0.724. The molecular formula is C13H16ClN5. The number of aromatic amines is 1. The van der Waals surface area contributed by atoms with E-state index in [0.717, 1.165) is 54.1 Å². The van der Waals surface area contributed by atoms with Gasteiger partial charge in [-0.25, -0.2) is 0 Å². The van der Waals surface area contributed by atoms with E-state index in [1.54, 1.807) is 0 Å². The van der Waals surface area contributed by atoms with Crippen molar-refractivity contribution < 1.29 is 0 Å². The Morgan fingerprint density at radius 3 is 2.84 bits per heavy atom. The summed E-state index contributed by atoms with van der Waals surface area (Å²) in [5, 5.41) is 11.3. The molecule has 0 bridgehead atoms. The molecule has 0 unspecified atom stereocenters. The van der Waals surface area contributed by atoms with Gasteiger partial charge in [0, 0.05) is 31.7 Å². The first kappa shape index (κ1) is 12.4. The van der Waals surface area contributed by atoms with Crippen LogP contribution < -0.4 is 10.2 Å². The van der Waals surface area contributed by atoms with Crippen molar-refractivity contribution in [2.75, 3.05) is 31.1 Å². The standard InChI is InChI=1S/C13H16ClN5/c1-9-3-2-4-10(11(9)14)12-16-13(18-17-12)19-7-5-15-6-8-19/h2-4,15H,5-8H2,1H3,(H,16,17,18). The highest BCUT2D eigenvalue weighted by Crippen LogP contribution is 2.28. The van der Waals surface area contributed by atoms with Gasteiger partial charge in [0.2, 0.25) is 5.95 Å². The first-order valence-electron chi connectivity index (χ1n) is 6.39. The predicted octanol–water partition coefficient (Wildman–Crippen LogP) is 1.84. The van der Waals surface area contributed by atoms with Crippen LogP contribution in [-0.4, -0.2) is 41.4 Å². The van der Waals surface area contributed by atoms with Crippen molar-refractivity contribution in [3.05, 3.63) is 28.8 Å². The van der Waals surface area contributed by atoms with Crippen molar-refractivity contribution >= 4 is 17.5 Å². The molecule has 0 aliphatic carbocycles. The van der Waals surface area contributed by atoms with E-state index in [1.807, 2.05) is 25.1 Å². The van der Waals surface area contributed by atoms with E-state index in [1.165, 1.54) is 0 Å². The first-order chi connectivity index (χ1) is 9.25.